The van der Waals surface area contributed by atoms with Crippen LogP contribution in [0, 0.1) is 13.8 Å². The number of aromatic nitrogens is 2. The molecule has 1 aliphatic carbocycles. The summed E-state index contributed by atoms with van der Waals surface area (Å²) in [4.78, 5) is 24.7. The summed E-state index contributed by atoms with van der Waals surface area (Å²) in [6, 6.07) is 14.7. The van der Waals surface area contributed by atoms with Crippen LogP contribution < -0.4 is 10.5 Å². The van der Waals surface area contributed by atoms with Crippen molar-refractivity contribution in [2.75, 3.05) is 11.9 Å². The van der Waals surface area contributed by atoms with Crippen molar-refractivity contribution in [1.82, 2.24) is 15.0 Å². The van der Waals surface area contributed by atoms with E-state index in [1.807, 2.05) is 41.9 Å². The third-order valence-electron chi connectivity index (χ3n) is 7.53. The molecule has 2 atom stereocenters. The summed E-state index contributed by atoms with van der Waals surface area (Å²) in [5, 5.41) is 10.8. The van der Waals surface area contributed by atoms with Crippen LogP contribution in [0.4, 0.5) is 5.69 Å². The van der Waals surface area contributed by atoms with Crippen molar-refractivity contribution in [1.29, 1.82) is 0 Å². The molecule has 0 aliphatic heterocycles. The van der Waals surface area contributed by atoms with Crippen LogP contribution in [0.2, 0.25) is 25.7 Å². The van der Waals surface area contributed by atoms with Crippen LogP contribution in [0.15, 0.2) is 46.9 Å². The van der Waals surface area contributed by atoms with Gasteiger partial charge in [0.1, 0.15) is 6.73 Å². The van der Waals surface area contributed by atoms with E-state index in [-0.39, 0.29) is 11.8 Å². The summed E-state index contributed by atoms with van der Waals surface area (Å²) in [6.07, 6.45) is 3.54. The Balaban J connectivity index is 1.47. The number of hydrogen-bond donors (Lipinski definition) is 2. The van der Waals surface area contributed by atoms with Crippen molar-refractivity contribution >= 4 is 49.2 Å². The molecule has 10 heteroatoms. The number of nitrogens with zero attached hydrogens (tertiary/aromatic N) is 2. The third-order valence-corrected chi connectivity index (χ3v) is 9.73. The van der Waals surface area contributed by atoms with Gasteiger partial charge in [0.2, 0.25) is 5.91 Å². The minimum atomic E-state index is -1.13. The molecule has 0 spiro atoms. The number of anilines is 1. The Bertz CT molecular complexity index is 1340. The zero-order chi connectivity index (χ0) is 28.9. The number of halogens is 1. The lowest BCUT2D eigenvalue weighted by molar-refractivity contribution is -0.118. The molecular weight excluding hydrogens is 583 g/mol. The molecule has 1 heterocycles. The van der Waals surface area contributed by atoms with Gasteiger partial charge in [0.15, 0.2) is 0 Å². The number of benzene rings is 2. The fourth-order valence-electron chi connectivity index (χ4n) is 5.38. The van der Waals surface area contributed by atoms with E-state index in [1.165, 1.54) is 13.0 Å². The molecule has 7 nitrogen and oxygen atoms in total. The molecule has 0 unspecified atom stereocenters. The monoisotopic (exact) mass is 621 g/mol. The highest BCUT2D eigenvalue weighted by atomic mass is 79.9. The van der Waals surface area contributed by atoms with E-state index in [4.69, 9.17) is 9.84 Å². The minimum Gasteiger partial charge on any atom is -0.360 e. The summed E-state index contributed by atoms with van der Waals surface area (Å²) >= 11 is 3.57. The lowest BCUT2D eigenvalue weighted by Crippen LogP contribution is -2.47. The Morgan fingerprint density at radius 3 is 2.67 bits per heavy atom. The molecule has 40 heavy (non-hydrogen) atoms. The van der Waals surface area contributed by atoms with Crippen LogP contribution in [-0.4, -0.2) is 50.0 Å². The van der Waals surface area contributed by atoms with E-state index in [9.17, 15) is 9.59 Å². The summed E-state index contributed by atoms with van der Waals surface area (Å²) in [5.41, 5.74) is 7.22. The zero-order valence-corrected chi connectivity index (χ0v) is 26.7. The summed E-state index contributed by atoms with van der Waals surface area (Å²) < 4.78 is 8.83. The number of fused-ring (bicyclic) bond motifs is 1. The van der Waals surface area contributed by atoms with E-state index in [0.29, 0.717) is 18.6 Å². The van der Waals surface area contributed by atoms with Crippen LogP contribution in [-0.2, 0) is 27.5 Å². The van der Waals surface area contributed by atoms with Gasteiger partial charge in [0.25, 0.3) is 7.41 Å². The Hall–Kier alpha value is -2.53. The second-order valence-electron chi connectivity index (χ2n) is 11.7. The van der Waals surface area contributed by atoms with Crippen LogP contribution in [0.25, 0.3) is 11.1 Å². The highest BCUT2D eigenvalue weighted by molar-refractivity contribution is 9.10. The van der Waals surface area contributed by atoms with Crippen LogP contribution in [0.1, 0.15) is 41.3 Å². The molecule has 2 N–H and O–H groups in total. The van der Waals surface area contributed by atoms with Gasteiger partial charge >= 0.3 is 0 Å². The van der Waals surface area contributed by atoms with Crippen molar-refractivity contribution < 1.29 is 14.3 Å². The quantitative estimate of drug-likeness (QED) is 0.146. The lowest BCUT2D eigenvalue weighted by atomic mass is 9.77. The van der Waals surface area contributed by atoms with Gasteiger partial charge in [-0.25, -0.2) is 4.68 Å². The first-order valence-corrected chi connectivity index (χ1v) is 18.4. The second-order valence-corrected chi connectivity index (χ2v) is 18.3. The van der Waals surface area contributed by atoms with Crippen molar-refractivity contribution in [2.24, 2.45) is 0 Å². The molecule has 1 aliphatic rings. The highest BCUT2D eigenvalue weighted by Crippen LogP contribution is 2.36. The molecule has 3 aromatic rings. The molecule has 4 rings (SSSR count). The SMILES string of the molecule is Cc1nn(COCC[Si](C)(C)C)c(C)c1-c1ccc(NC(=O)[C@@H](N[B]C=O)[C@@H]2CCCc3ccc(Br)cc32)cc1. The standard InChI is InChI=1S/C30H39BBrN4O3Si/c1-20-28(21(2)36(35-20)19-39-15-16-40(3,4)5)23-10-13-25(14-11-23)33-30(38)29(34-31-18-37)26-8-6-7-22-9-12-24(32)17-27(22)26/h9-14,17-18,26,29,34H,6-8,15-16,19H2,1-5H3,(H,33,38)/t26-,29+/m1/s1. The fourth-order valence-corrected chi connectivity index (χ4v) is 6.52. The van der Waals surface area contributed by atoms with Gasteiger partial charge in [0, 0.05) is 42.0 Å². The normalized spacial score (nSPS) is 15.8. The van der Waals surface area contributed by atoms with Crippen LogP contribution >= 0.6 is 15.9 Å². The van der Waals surface area contributed by atoms with E-state index in [1.54, 1.807) is 0 Å². The summed E-state index contributed by atoms with van der Waals surface area (Å²) in [7, 11) is 0.183. The van der Waals surface area contributed by atoms with E-state index in [0.717, 1.165) is 64.5 Å². The molecule has 0 fully saturated rings. The first-order chi connectivity index (χ1) is 19.1. The number of carbonyl (C=O) groups is 2. The van der Waals surface area contributed by atoms with Crippen molar-refractivity contribution in [3.63, 3.8) is 0 Å². The highest BCUT2D eigenvalue weighted by Gasteiger charge is 2.32. The minimum absolute atomic E-state index is 0.0409. The smallest absolute Gasteiger partial charge is 0.291 e. The largest absolute Gasteiger partial charge is 0.360 e. The maximum atomic E-state index is 13.5. The first-order valence-electron chi connectivity index (χ1n) is 13.9. The lowest BCUT2D eigenvalue weighted by Gasteiger charge is -2.32. The molecule has 1 amide bonds. The Morgan fingerprint density at radius 2 is 1.98 bits per heavy atom. The van der Waals surface area contributed by atoms with E-state index in [2.05, 4.69) is 65.2 Å². The third kappa shape index (κ3) is 7.60. The Kier molecular flexibility index (Phi) is 10.2. The van der Waals surface area contributed by atoms with Gasteiger partial charge in [0.05, 0.1) is 17.9 Å². The van der Waals surface area contributed by atoms with E-state index >= 15 is 0 Å². The predicted molar refractivity (Wildman–Crippen MR) is 169 cm³/mol. The Morgan fingerprint density at radius 1 is 1.23 bits per heavy atom. The van der Waals surface area contributed by atoms with Crippen LogP contribution in [0.3, 0.4) is 0 Å². The molecule has 1 aromatic heterocycles. The Labute approximate surface area is 247 Å². The van der Waals surface area contributed by atoms with Gasteiger partial charge in [-0.2, -0.15) is 5.10 Å². The number of amides is 1. The maximum absolute atomic E-state index is 13.5. The molecular formula is C30H39BBrN4O3Si. The second kappa shape index (κ2) is 13.4. The predicted octanol–water partition coefficient (Wildman–Crippen LogP) is 6.07. The molecule has 1 radical (unpaired) electrons. The number of ether oxygens (including phenoxy) is 1. The molecule has 0 bridgehead atoms. The maximum Gasteiger partial charge on any atom is 0.291 e. The van der Waals surface area contributed by atoms with Gasteiger partial charge in [-0.15, -0.1) is 0 Å². The summed E-state index contributed by atoms with van der Waals surface area (Å²) in [5.74, 6) is -0.208. The number of rotatable bonds is 12. The first kappa shape index (κ1) is 30.4. The number of aryl methyl sites for hydroxylation is 2. The molecule has 2 aromatic carbocycles. The number of carbonyl (C=O) groups excluding carboxylic acids is 2. The van der Waals surface area contributed by atoms with E-state index < -0.39 is 14.1 Å². The van der Waals surface area contributed by atoms with Gasteiger partial charge in [-0.3, -0.25) is 4.79 Å². The van der Waals surface area contributed by atoms with Crippen molar-refractivity contribution in [2.45, 2.75) is 77.5 Å². The number of nitrogens with one attached hydrogen (secondary N) is 2. The topological polar surface area (TPSA) is 85.2 Å². The van der Waals surface area contributed by atoms with Crippen molar-refractivity contribution in [3.8, 4) is 11.1 Å². The van der Waals surface area contributed by atoms with Gasteiger partial charge in [-0.05, 0) is 80.1 Å². The molecule has 0 saturated heterocycles. The molecule has 211 valence electrons. The van der Waals surface area contributed by atoms with Gasteiger partial charge in [-0.1, -0.05) is 53.8 Å². The zero-order valence-electron chi connectivity index (χ0n) is 24.1. The van der Waals surface area contributed by atoms with Crippen molar-refractivity contribution in [3.05, 3.63) is 69.5 Å². The average molecular weight is 622 g/mol. The molecule has 0 saturated carbocycles. The number of hydrogen-bond acceptors (Lipinski definition) is 5. The van der Waals surface area contributed by atoms with Gasteiger partial charge < -0.3 is 20.1 Å². The van der Waals surface area contributed by atoms with Crippen LogP contribution in [0.5, 0.6) is 0 Å². The summed E-state index contributed by atoms with van der Waals surface area (Å²) in [6.45, 7) is 12.3. The average Bonchev–Trinajstić information content (AvgIpc) is 3.19. The fraction of sp³-hybridized carbons (Fsp3) is 0.433.